The average molecular weight is 367 g/mol. The zero-order valence-electron chi connectivity index (χ0n) is 15.7. The summed E-state index contributed by atoms with van der Waals surface area (Å²) in [5.41, 5.74) is 7.75. The van der Waals surface area contributed by atoms with E-state index in [1.165, 1.54) is 4.90 Å². The van der Waals surface area contributed by atoms with Crippen molar-refractivity contribution in [2.24, 2.45) is 5.92 Å². The van der Waals surface area contributed by atoms with Crippen molar-refractivity contribution in [2.45, 2.75) is 31.7 Å². The summed E-state index contributed by atoms with van der Waals surface area (Å²) in [5.74, 6) is -0.0924. The van der Waals surface area contributed by atoms with Crippen molar-refractivity contribution in [3.8, 4) is 0 Å². The zero-order chi connectivity index (χ0) is 19.4. The summed E-state index contributed by atoms with van der Waals surface area (Å²) in [4.78, 5) is 30.8. The molecule has 1 aromatic heterocycles. The van der Waals surface area contributed by atoms with Gasteiger partial charge in [-0.3, -0.25) is 14.5 Å². The fourth-order valence-corrected chi connectivity index (χ4v) is 3.63. The molecular formula is C21H25N3O3. The average Bonchev–Trinajstić information content (AvgIpc) is 2.66. The number of hydrogen-bond donors (Lipinski definition) is 1. The Kier molecular flexibility index (Phi) is 5.86. The standard InChI is InChI=1S/C21H25N3O3/c1-14(16-6-4-3-5-7-16)10-20(25)24-18(13-27-2)17(21(24)26)11-15-8-9-23-19(22)12-15/h3-9,12,14,17-18H,10-11,13H2,1-2H3,(H2,22,23)/t14-,17+,18+/m0/s1. The highest BCUT2D eigenvalue weighted by atomic mass is 16.5. The van der Waals surface area contributed by atoms with Crippen LogP contribution in [0.2, 0.25) is 0 Å². The lowest BCUT2D eigenvalue weighted by molar-refractivity contribution is -0.169. The number of pyridine rings is 1. The summed E-state index contributed by atoms with van der Waals surface area (Å²) in [6.07, 6.45) is 2.45. The Bertz CT molecular complexity index is 809. The smallest absolute Gasteiger partial charge is 0.235 e. The molecule has 0 bridgehead atoms. The van der Waals surface area contributed by atoms with E-state index >= 15 is 0 Å². The molecule has 27 heavy (non-hydrogen) atoms. The van der Waals surface area contributed by atoms with Crippen LogP contribution in [0.25, 0.3) is 0 Å². The van der Waals surface area contributed by atoms with Crippen molar-refractivity contribution in [2.75, 3.05) is 19.5 Å². The highest BCUT2D eigenvalue weighted by Crippen LogP contribution is 2.32. The van der Waals surface area contributed by atoms with E-state index in [-0.39, 0.29) is 29.7 Å². The number of imide groups is 1. The Balaban J connectivity index is 1.68. The van der Waals surface area contributed by atoms with Gasteiger partial charge in [-0.2, -0.15) is 0 Å². The van der Waals surface area contributed by atoms with Crippen molar-refractivity contribution in [3.05, 3.63) is 59.8 Å². The normalized spacial score (nSPS) is 20.2. The number of nitrogens with two attached hydrogens (primary N) is 1. The van der Waals surface area contributed by atoms with E-state index in [4.69, 9.17) is 10.5 Å². The van der Waals surface area contributed by atoms with Crippen LogP contribution in [0, 0.1) is 5.92 Å². The summed E-state index contributed by atoms with van der Waals surface area (Å²) in [6, 6.07) is 13.2. The van der Waals surface area contributed by atoms with Crippen LogP contribution in [0.5, 0.6) is 0 Å². The van der Waals surface area contributed by atoms with Crippen LogP contribution in [0.1, 0.15) is 30.4 Å². The van der Waals surface area contributed by atoms with Crippen LogP contribution < -0.4 is 5.73 Å². The number of ether oxygens (including phenoxy) is 1. The molecule has 0 radical (unpaired) electrons. The van der Waals surface area contributed by atoms with Crippen molar-refractivity contribution >= 4 is 17.6 Å². The minimum atomic E-state index is -0.275. The van der Waals surface area contributed by atoms with Crippen LogP contribution in [0.4, 0.5) is 5.82 Å². The second kappa shape index (κ2) is 8.31. The van der Waals surface area contributed by atoms with Crippen molar-refractivity contribution in [1.82, 2.24) is 9.88 Å². The highest BCUT2D eigenvalue weighted by Gasteiger charge is 2.50. The van der Waals surface area contributed by atoms with E-state index in [1.54, 1.807) is 19.4 Å². The van der Waals surface area contributed by atoms with E-state index in [2.05, 4.69) is 4.98 Å². The van der Waals surface area contributed by atoms with Gasteiger partial charge in [0.05, 0.1) is 18.6 Å². The first-order chi connectivity index (χ1) is 13.0. The molecule has 142 valence electrons. The van der Waals surface area contributed by atoms with E-state index in [9.17, 15) is 9.59 Å². The van der Waals surface area contributed by atoms with Crippen LogP contribution in [-0.4, -0.2) is 41.5 Å². The largest absolute Gasteiger partial charge is 0.384 e. The number of nitrogen functional groups attached to an aromatic ring is 1. The maximum absolute atomic E-state index is 12.8. The van der Waals surface area contributed by atoms with Gasteiger partial charge in [-0.05, 0) is 35.6 Å². The monoisotopic (exact) mass is 367 g/mol. The molecule has 2 aromatic rings. The van der Waals surface area contributed by atoms with Gasteiger partial charge in [0.2, 0.25) is 11.8 Å². The molecule has 1 aliphatic rings. The van der Waals surface area contributed by atoms with Gasteiger partial charge < -0.3 is 10.5 Å². The Labute approximate surface area is 159 Å². The third-order valence-electron chi connectivity index (χ3n) is 5.11. The SMILES string of the molecule is COC[C@@H]1[C@@H](Cc2ccnc(N)c2)C(=O)N1C(=O)C[C@H](C)c1ccccc1. The molecular weight excluding hydrogens is 342 g/mol. The number of methoxy groups -OCH3 is 1. The molecule has 3 rings (SSSR count). The maximum atomic E-state index is 12.8. The summed E-state index contributed by atoms with van der Waals surface area (Å²) in [6.45, 7) is 2.34. The highest BCUT2D eigenvalue weighted by molar-refractivity contribution is 6.02. The number of rotatable bonds is 7. The summed E-state index contributed by atoms with van der Waals surface area (Å²) in [7, 11) is 1.58. The van der Waals surface area contributed by atoms with Gasteiger partial charge in [0.1, 0.15) is 5.82 Å². The molecule has 2 heterocycles. The van der Waals surface area contributed by atoms with Crippen LogP contribution in [0.15, 0.2) is 48.7 Å². The first-order valence-corrected chi connectivity index (χ1v) is 9.11. The second-order valence-electron chi connectivity index (χ2n) is 7.04. The van der Waals surface area contributed by atoms with Crippen LogP contribution in [0.3, 0.4) is 0 Å². The summed E-state index contributed by atoms with van der Waals surface area (Å²) >= 11 is 0. The number of anilines is 1. The number of nitrogens with zero attached hydrogens (tertiary/aromatic N) is 2. The molecule has 3 atom stereocenters. The number of amides is 2. The van der Waals surface area contributed by atoms with E-state index < -0.39 is 0 Å². The number of carbonyl (C=O) groups is 2. The molecule has 2 amide bonds. The molecule has 6 heteroatoms. The Morgan fingerprint density at radius 1 is 1.30 bits per heavy atom. The van der Waals surface area contributed by atoms with Gasteiger partial charge >= 0.3 is 0 Å². The summed E-state index contributed by atoms with van der Waals surface area (Å²) in [5, 5.41) is 0. The predicted molar refractivity (Wildman–Crippen MR) is 103 cm³/mol. The van der Waals surface area contributed by atoms with Crippen LogP contribution in [-0.2, 0) is 20.7 Å². The number of likely N-dealkylation sites (tertiary alicyclic amines) is 1. The van der Waals surface area contributed by atoms with Gasteiger partial charge in [0.25, 0.3) is 0 Å². The van der Waals surface area contributed by atoms with Gasteiger partial charge in [0, 0.05) is 19.7 Å². The fourth-order valence-electron chi connectivity index (χ4n) is 3.63. The number of β-lactam (4-membered cyclic amide) rings is 1. The first kappa shape index (κ1) is 19.0. The van der Waals surface area contributed by atoms with Gasteiger partial charge in [-0.1, -0.05) is 37.3 Å². The minimum absolute atomic E-state index is 0.0498. The quantitative estimate of drug-likeness (QED) is 0.760. The lowest BCUT2D eigenvalue weighted by atomic mass is 9.82. The molecule has 0 unspecified atom stereocenters. The second-order valence-corrected chi connectivity index (χ2v) is 7.04. The fraction of sp³-hybridized carbons (Fsp3) is 0.381. The summed E-state index contributed by atoms with van der Waals surface area (Å²) < 4.78 is 5.27. The minimum Gasteiger partial charge on any atom is -0.384 e. The predicted octanol–water partition coefficient (Wildman–Crippen LogP) is 2.40. The van der Waals surface area contributed by atoms with E-state index in [0.717, 1.165) is 11.1 Å². The topological polar surface area (TPSA) is 85.5 Å². The van der Waals surface area contributed by atoms with Gasteiger partial charge in [-0.15, -0.1) is 0 Å². The third kappa shape index (κ3) is 4.17. The molecule has 0 saturated carbocycles. The molecule has 1 saturated heterocycles. The van der Waals surface area contributed by atoms with Crippen molar-refractivity contribution in [1.29, 1.82) is 0 Å². The Morgan fingerprint density at radius 3 is 2.70 bits per heavy atom. The number of aromatic nitrogens is 1. The first-order valence-electron chi connectivity index (χ1n) is 9.11. The molecule has 6 nitrogen and oxygen atoms in total. The molecule has 1 aromatic carbocycles. The van der Waals surface area contributed by atoms with E-state index in [1.807, 2.05) is 43.3 Å². The maximum Gasteiger partial charge on any atom is 0.235 e. The Morgan fingerprint density at radius 2 is 2.04 bits per heavy atom. The Hall–Kier alpha value is -2.73. The van der Waals surface area contributed by atoms with Gasteiger partial charge in [-0.25, -0.2) is 4.98 Å². The third-order valence-corrected chi connectivity index (χ3v) is 5.11. The lowest BCUT2D eigenvalue weighted by Crippen LogP contribution is -2.65. The molecule has 2 N–H and O–H groups in total. The van der Waals surface area contributed by atoms with Gasteiger partial charge in [0.15, 0.2) is 0 Å². The number of benzene rings is 1. The van der Waals surface area contributed by atoms with Crippen molar-refractivity contribution in [3.63, 3.8) is 0 Å². The molecule has 1 fully saturated rings. The van der Waals surface area contributed by atoms with Crippen molar-refractivity contribution < 1.29 is 14.3 Å². The number of hydrogen-bond acceptors (Lipinski definition) is 5. The number of carbonyl (C=O) groups excluding carboxylic acids is 2. The molecule has 0 spiro atoms. The molecule has 0 aliphatic carbocycles. The zero-order valence-corrected chi connectivity index (χ0v) is 15.7. The van der Waals surface area contributed by atoms with Crippen LogP contribution >= 0.6 is 0 Å². The van der Waals surface area contributed by atoms with E-state index in [0.29, 0.717) is 25.3 Å². The molecule has 1 aliphatic heterocycles. The lowest BCUT2D eigenvalue weighted by Gasteiger charge is -2.45.